The SMILES string of the molecule is CC1(C)CNCC2Nc3ccc(Cl)cc3C21. The molecule has 1 saturated heterocycles. The third kappa shape index (κ3) is 1.44. The highest BCUT2D eigenvalue weighted by atomic mass is 35.5. The second-order valence-corrected chi connectivity index (χ2v) is 6.02. The van der Waals surface area contributed by atoms with E-state index in [2.05, 4.69) is 36.6 Å². The van der Waals surface area contributed by atoms with Crippen molar-refractivity contribution in [3.63, 3.8) is 0 Å². The number of nitrogens with one attached hydrogen (secondary N) is 2. The smallest absolute Gasteiger partial charge is 0.0460 e. The van der Waals surface area contributed by atoms with E-state index < -0.39 is 0 Å². The van der Waals surface area contributed by atoms with Gasteiger partial charge in [-0.25, -0.2) is 0 Å². The summed E-state index contributed by atoms with van der Waals surface area (Å²) in [4.78, 5) is 0. The van der Waals surface area contributed by atoms with E-state index in [1.54, 1.807) is 0 Å². The van der Waals surface area contributed by atoms with Crippen LogP contribution in [0.1, 0.15) is 25.3 Å². The Hall–Kier alpha value is -0.730. The van der Waals surface area contributed by atoms with Crippen molar-refractivity contribution < 1.29 is 0 Å². The van der Waals surface area contributed by atoms with E-state index in [1.165, 1.54) is 11.3 Å². The molecule has 16 heavy (non-hydrogen) atoms. The maximum Gasteiger partial charge on any atom is 0.0460 e. The lowest BCUT2D eigenvalue weighted by molar-refractivity contribution is 0.212. The molecule has 2 atom stereocenters. The van der Waals surface area contributed by atoms with E-state index in [4.69, 9.17) is 11.6 Å². The minimum Gasteiger partial charge on any atom is -0.380 e. The van der Waals surface area contributed by atoms with Crippen LogP contribution in [0, 0.1) is 5.41 Å². The fourth-order valence-electron chi connectivity index (χ4n) is 3.22. The third-order valence-electron chi connectivity index (χ3n) is 3.88. The van der Waals surface area contributed by atoms with Crippen LogP contribution in [0.2, 0.25) is 5.02 Å². The second-order valence-electron chi connectivity index (χ2n) is 5.58. The molecule has 2 heterocycles. The molecular formula is C13H17ClN2. The molecule has 2 aliphatic heterocycles. The van der Waals surface area contributed by atoms with Crippen molar-refractivity contribution in [1.82, 2.24) is 5.32 Å². The van der Waals surface area contributed by atoms with Gasteiger partial charge in [-0.05, 0) is 29.2 Å². The van der Waals surface area contributed by atoms with E-state index >= 15 is 0 Å². The van der Waals surface area contributed by atoms with Gasteiger partial charge >= 0.3 is 0 Å². The number of hydrogen-bond donors (Lipinski definition) is 2. The van der Waals surface area contributed by atoms with E-state index in [1.807, 2.05) is 6.07 Å². The highest BCUT2D eigenvalue weighted by Crippen LogP contribution is 2.48. The highest BCUT2D eigenvalue weighted by molar-refractivity contribution is 6.30. The zero-order chi connectivity index (χ0) is 11.3. The van der Waals surface area contributed by atoms with Gasteiger partial charge < -0.3 is 10.6 Å². The molecule has 0 radical (unpaired) electrons. The Morgan fingerprint density at radius 1 is 1.38 bits per heavy atom. The molecule has 0 saturated carbocycles. The molecule has 3 rings (SSSR count). The number of piperidine rings is 1. The molecule has 0 bridgehead atoms. The van der Waals surface area contributed by atoms with Crippen LogP contribution in [-0.2, 0) is 0 Å². The molecule has 0 aromatic heterocycles. The molecule has 0 spiro atoms. The zero-order valence-electron chi connectivity index (χ0n) is 9.68. The van der Waals surface area contributed by atoms with Gasteiger partial charge in [0.2, 0.25) is 0 Å². The number of anilines is 1. The van der Waals surface area contributed by atoms with Crippen molar-refractivity contribution in [2.75, 3.05) is 18.4 Å². The largest absolute Gasteiger partial charge is 0.380 e. The quantitative estimate of drug-likeness (QED) is 0.724. The van der Waals surface area contributed by atoms with Gasteiger partial charge in [-0.15, -0.1) is 0 Å². The van der Waals surface area contributed by atoms with Gasteiger partial charge in [0.1, 0.15) is 0 Å². The van der Waals surface area contributed by atoms with Gasteiger partial charge in [0.05, 0.1) is 0 Å². The Bertz CT molecular complexity index is 428. The Kier molecular flexibility index (Phi) is 2.20. The maximum absolute atomic E-state index is 6.10. The van der Waals surface area contributed by atoms with Crippen LogP contribution in [0.5, 0.6) is 0 Å². The second kappa shape index (κ2) is 3.38. The van der Waals surface area contributed by atoms with Crippen LogP contribution in [-0.4, -0.2) is 19.1 Å². The number of hydrogen-bond acceptors (Lipinski definition) is 2. The van der Waals surface area contributed by atoms with Crippen molar-refractivity contribution in [2.45, 2.75) is 25.8 Å². The van der Waals surface area contributed by atoms with Crippen LogP contribution in [0.15, 0.2) is 18.2 Å². The third-order valence-corrected chi connectivity index (χ3v) is 4.11. The van der Waals surface area contributed by atoms with E-state index in [-0.39, 0.29) is 5.41 Å². The predicted octanol–water partition coefficient (Wildman–Crippen LogP) is 2.85. The van der Waals surface area contributed by atoms with Gasteiger partial charge in [0.25, 0.3) is 0 Å². The summed E-state index contributed by atoms with van der Waals surface area (Å²) in [5.74, 6) is 0.572. The van der Waals surface area contributed by atoms with E-state index in [9.17, 15) is 0 Å². The zero-order valence-corrected chi connectivity index (χ0v) is 10.4. The van der Waals surface area contributed by atoms with Crippen molar-refractivity contribution in [1.29, 1.82) is 0 Å². The van der Waals surface area contributed by atoms with Crippen molar-refractivity contribution in [2.24, 2.45) is 5.41 Å². The van der Waals surface area contributed by atoms with Crippen LogP contribution < -0.4 is 10.6 Å². The molecule has 0 amide bonds. The first-order valence-electron chi connectivity index (χ1n) is 5.85. The molecule has 0 aliphatic carbocycles. The molecule has 2 unspecified atom stereocenters. The molecule has 2 aliphatic rings. The molecule has 3 heteroatoms. The summed E-state index contributed by atoms with van der Waals surface area (Å²) in [7, 11) is 0. The average Bonchev–Trinajstić information content (AvgIpc) is 2.56. The minimum absolute atomic E-state index is 0.284. The average molecular weight is 237 g/mol. The number of benzene rings is 1. The fraction of sp³-hybridized carbons (Fsp3) is 0.538. The summed E-state index contributed by atoms with van der Waals surface area (Å²) in [5, 5.41) is 7.94. The summed E-state index contributed by atoms with van der Waals surface area (Å²) in [6.07, 6.45) is 0. The Labute approximate surface area is 101 Å². The summed E-state index contributed by atoms with van der Waals surface area (Å²) >= 11 is 6.10. The van der Waals surface area contributed by atoms with Gasteiger partial charge in [-0.3, -0.25) is 0 Å². The number of rotatable bonds is 0. The number of fused-ring (bicyclic) bond motifs is 3. The first kappa shape index (κ1) is 10.4. The van der Waals surface area contributed by atoms with Gasteiger partial charge in [0, 0.05) is 35.8 Å². The summed E-state index contributed by atoms with van der Waals surface area (Å²) in [6.45, 7) is 6.77. The summed E-state index contributed by atoms with van der Waals surface area (Å²) < 4.78 is 0. The van der Waals surface area contributed by atoms with Crippen LogP contribution >= 0.6 is 11.6 Å². The molecule has 1 fully saturated rings. The number of halogens is 1. The molecule has 1 aromatic carbocycles. The Morgan fingerprint density at radius 2 is 2.19 bits per heavy atom. The monoisotopic (exact) mass is 236 g/mol. The van der Waals surface area contributed by atoms with E-state index in [0.29, 0.717) is 12.0 Å². The van der Waals surface area contributed by atoms with Crippen LogP contribution in [0.3, 0.4) is 0 Å². The molecular weight excluding hydrogens is 220 g/mol. The van der Waals surface area contributed by atoms with E-state index in [0.717, 1.165) is 18.1 Å². The lowest BCUT2D eigenvalue weighted by Crippen LogP contribution is -2.50. The van der Waals surface area contributed by atoms with Crippen molar-refractivity contribution >= 4 is 17.3 Å². The molecule has 2 N–H and O–H groups in total. The fourth-order valence-corrected chi connectivity index (χ4v) is 3.40. The van der Waals surface area contributed by atoms with Crippen LogP contribution in [0.4, 0.5) is 5.69 Å². The van der Waals surface area contributed by atoms with Gasteiger partial charge in [-0.2, -0.15) is 0 Å². The Morgan fingerprint density at radius 3 is 3.00 bits per heavy atom. The summed E-state index contributed by atoms with van der Waals surface area (Å²) in [6, 6.07) is 6.70. The molecule has 1 aromatic rings. The molecule has 2 nitrogen and oxygen atoms in total. The minimum atomic E-state index is 0.284. The highest BCUT2D eigenvalue weighted by Gasteiger charge is 2.44. The first-order valence-corrected chi connectivity index (χ1v) is 6.22. The Balaban J connectivity index is 2.09. The van der Waals surface area contributed by atoms with Crippen molar-refractivity contribution in [3.05, 3.63) is 28.8 Å². The lowest BCUT2D eigenvalue weighted by atomic mass is 9.70. The normalized spacial score (nSPS) is 30.4. The van der Waals surface area contributed by atoms with Crippen molar-refractivity contribution in [3.8, 4) is 0 Å². The summed E-state index contributed by atoms with van der Waals surface area (Å²) in [5.41, 5.74) is 2.94. The van der Waals surface area contributed by atoms with Gasteiger partial charge in [0.15, 0.2) is 0 Å². The molecule has 86 valence electrons. The first-order chi connectivity index (χ1) is 7.58. The predicted molar refractivity (Wildman–Crippen MR) is 68.3 cm³/mol. The van der Waals surface area contributed by atoms with Crippen LogP contribution in [0.25, 0.3) is 0 Å². The van der Waals surface area contributed by atoms with Gasteiger partial charge in [-0.1, -0.05) is 25.4 Å². The standard InChI is InChI=1S/C13H17ClN2/c1-13(2)7-15-6-11-12(13)9-5-8(14)3-4-10(9)16-11/h3-5,11-12,15-16H,6-7H2,1-2H3. The lowest BCUT2D eigenvalue weighted by Gasteiger charge is -2.41. The maximum atomic E-state index is 6.10. The topological polar surface area (TPSA) is 24.1 Å².